The minimum absolute atomic E-state index is 0.00512. The second-order valence-corrected chi connectivity index (χ2v) is 10.8. The molecule has 2 aliphatic rings. The molecule has 4 amide bonds. The third kappa shape index (κ3) is 6.65. The van der Waals surface area contributed by atoms with Crippen molar-refractivity contribution in [3.8, 4) is 5.75 Å². The minimum atomic E-state index is -4.00. The van der Waals surface area contributed by atoms with Gasteiger partial charge in [-0.15, -0.1) is 0 Å². The first-order chi connectivity index (χ1) is 15.8. The molecule has 188 valence electrons. The molecule has 12 nitrogen and oxygen atoms in total. The number of phenolic OH excluding ortho intramolecular Hbond substituents is 1. The Balaban J connectivity index is 1.41. The van der Waals surface area contributed by atoms with Crippen molar-refractivity contribution in [2.45, 2.75) is 51.7 Å². The summed E-state index contributed by atoms with van der Waals surface area (Å²) in [7, 11) is -4.00. The van der Waals surface area contributed by atoms with Crippen molar-refractivity contribution in [3.63, 3.8) is 0 Å². The average molecular weight is 498 g/mol. The Morgan fingerprint density at radius 3 is 2.47 bits per heavy atom. The van der Waals surface area contributed by atoms with Crippen LogP contribution in [0.3, 0.4) is 0 Å². The van der Waals surface area contributed by atoms with Crippen molar-refractivity contribution in [2.75, 3.05) is 30.5 Å². The highest BCUT2D eigenvalue weighted by Gasteiger charge is 2.35. The molecule has 0 radical (unpaired) electrons. The minimum Gasteiger partial charge on any atom is -0.506 e. The number of hydrogen-bond acceptors (Lipinski definition) is 7. The van der Waals surface area contributed by atoms with Crippen LogP contribution in [0.2, 0.25) is 0 Å². The van der Waals surface area contributed by atoms with Crippen molar-refractivity contribution in [2.24, 2.45) is 0 Å². The van der Waals surface area contributed by atoms with Crippen molar-refractivity contribution in [3.05, 3.63) is 23.8 Å². The summed E-state index contributed by atoms with van der Waals surface area (Å²) in [6.45, 7) is 6.35. The molecule has 0 spiro atoms. The molecule has 2 fully saturated rings. The first-order valence-corrected chi connectivity index (χ1v) is 12.5. The van der Waals surface area contributed by atoms with Gasteiger partial charge in [-0.25, -0.2) is 18.6 Å². The molecule has 3 rings (SSSR count). The lowest BCUT2D eigenvalue weighted by Crippen LogP contribution is -2.50. The summed E-state index contributed by atoms with van der Waals surface area (Å²) >= 11 is 0. The Morgan fingerprint density at radius 1 is 1.24 bits per heavy atom. The summed E-state index contributed by atoms with van der Waals surface area (Å²) in [5.41, 5.74) is 0.138. The molecule has 0 aliphatic carbocycles. The molecule has 0 unspecified atom stereocenters. The Morgan fingerprint density at radius 2 is 1.91 bits per heavy atom. The van der Waals surface area contributed by atoms with E-state index in [0.717, 1.165) is 4.31 Å². The van der Waals surface area contributed by atoms with Crippen LogP contribution in [0.1, 0.15) is 39.2 Å². The lowest BCUT2D eigenvalue weighted by molar-refractivity contribution is -0.117. The zero-order valence-electron chi connectivity index (χ0n) is 19.5. The van der Waals surface area contributed by atoms with Gasteiger partial charge < -0.3 is 25.4 Å². The fourth-order valence-electron chi connectivity index (χ4n) is 3.69. The van der Waals surface area contributed by atoms with Crippen LogP contribution >= 0.6 is 0 Å². The second-order valence-electron chi connectivity index (χ2n) is 9.25. The fraction of sp³-hybridized carbons (Fsp3) is 0.571. The number of carbonyl (C=O) groups excluding carboxylic acids is 3. The van der Waals surface area contributed by atoms with Crippen LogP contribution in [0.4, 0.5) is 15.3 Å². The van der Waals surface area contributed by atoms with Gasteiger partial charge in [-0.3, -0.25) is 4.79 Å². The van der Waals surface area contributed by atoms with Crippen LogP contribution in [0.5, 0.6) is 5.75 Å². The van der Waals surface area contributed by atoms with Gasteiger partial charge in [0.25, 0.3) is 5.91 Å². The Kier molecular flexibility index (Phi) is 7.44. The molecule has 0 bridgehead atoms. The number of ether oxygens (including phenoxy) is 1. The highest BCUT2D eigenvalue weighted by molar-refractivity contribution is 7.92. The van der Waals surface area contributed by atoms with Gasteiger partial charge in [0, 0.05) is 25.7 Å². The van der Waals surface area contributed by atoms with Crippen molar-refractivity contribution in [1.82, 2.24) is 20.3 Å². The van der Waals surface area contributed by atoms with Gasteiger partial charge in [-0.1, -0.05) is 6.07 Å². The molecular formula is C21H31N5O7S. The standard InChI is InChI=1S/C21H31N5O7S/c1-21(2,3)33-20(30)25-10-7-15(8-11-25)23-19(29)22-9-6-14-4-5-16(17(27)12-14)26-13-18(28)24-34(26,31)32/h4-5,12,15,27H,6-11,13H2,1-3H3,(H,24,28)(H2,22,23,29). The third-order valence-corrected chi connectivity index (χ3v) is 6.70. The Labute approximate surface area is 198 Å². The van der Waals surface area contributed by atoms with Crippen LogP contribution in [-0.2, 0) is 26.2 Å². The van der Waals surface area contributed by atoms with E-state index in [0.29, 0.717) is 44.5 Å². The number of piperidine rings is 1. The number of anilines is 1. The maximum Gasteiger partial charge on any atom is 0.410 e. The van der Waals surface area contributed by atoms with Crippen molar-refractivity contribution >= 4 is 33.9 Å². The number of rotatable bonds is 5. The van der Waals surface area contributed by atoms with Gasteiger partial charge in [0.1, 0.15) is 17.9 Å². The van der Waals surface area contributed by atoms with Gasteiger partial charge in [0.05, 0.1) is 5.69 Å². The molecular weight excluding hydrogens is 466 g/mol. The van der Waals surface area contributed by atoms with Gasteiger partial charge in [0.2, 0.25) is 0 Å². The van der Waals surface area contributed by atoms with E-state index >= 15 is 0 Å². The number of aromatic hydroxyl groups is 1. The number of phenols is 1. The molecule has 0 saturated carbocycles. The predicted octanol–water partition coefficient (Wildman–Crippen LogP) is 0.814. The Hall–Kier alpha value is -3.22. The second kappa shape index (κ2) is 9.95. The van der Waals surface area contributed by atoms with Crippen molar-refractivity contribution < 1.29 is 32.6 Å². The quantitative estimate of drug-likeness (QED) is 0.469. The highest BCUT2D eigenvalue weighted by Crippen LogP contribution is 2.31. The lowest BCUT2D eigenvalue weighted by atomic mass is 10.1. The molecule has 0 aromatic heterocycles. The molecule has 1 aromatic rings. The maximum atomic E-state index is 12.2. The van der Waals surface area contributed by atoms with Crippen LogP contribution < -0.4 is 19.7 Å². The lowest BCUT2D eigenvalue weighted by Gasteiger charge is -2.33. The fourth-order valence-corrected chi connectivity index (χ4v) is 4.85. The van der Waals surface area contributed by atoms with Gasteiger partial charge in [0.15, 0.2) is 0 Å². The molecule has 4 N–H and O–H groups in total. The van der Waals surface area contributed by atoms with E-state index in [-0.39, 0.29) is 29.6 Å². The van der Waals surface area contributed by atoms with E-state index in [4.69, 9.17) is 4.74 Å². The van der Waals surface area contributed by atoms with Crippen LogP contribution in [-0.4, -0.2) is 74.3 Å². The maximum absolute atomic E-state index is 12.2. The van der Waals surface area contributed by atoms with Crippen LogP contribution in [0.25, 0.3) is 0 Å². The topological polar surface area (TPSA) is 157 Å². The average Bonchev–Trinajstić information content (AvgIpc) is 2.99. The van der Waals surface area contributed by atoms with Crippen molar-refractivity contribution in [1.29, 1.82) is 0 Å². The van der Waals surface area contributed by atoms with E-state index in [2.05, 4.69) is 10.6 Å². The summed E-state index contributed by atoms with van der Waals surface area (Å²) in [4.78, 5) is 37.4. The van der Waals surface area contributed by atoms with E-state index in [1.165, 1.54) is 12.1 Å². The summed E-state index contributed by atoms with van der Waals surface area (Å²) < 4.78 is 31.9. The van der Waals surface area contributed by atoms with Gasteiger partial charge in [-0.05, 0) is 57.7 Å². The number of nitrogens with zero attached hydrogens (tertiary/aromatic N) is 2. The molecule has 2 saturated heterocycles. The molecule has 34 heavy (non-hydrogen) atoms. The molecule has 2 heterocycles. The molecule has 1 aromatic carbocycles. The van der Waals surface area contributed by atoms with Crippen LogP contribution in [0, 0.1) is 0 Å². The number of carbonyl (C=O) groups is 3. The SMILES string of the molecule is CC(C)(C)OC(=O)N1CCC(NC(=O)NCCc2ccc(N3CC(=O)NS3(=O)=O)c(O)c2)CC1. The van der Waals surface area contributed by atoms with Gasteiger partial charge >= 0.3 is 22.3 Å². The number of urea groups is 1. The summed E-state index contributed by atoms with van der Waals surface area (Å²) in [5, 5.41) is 15.9. The predicted molar refractivity (Wildman–Crippen MR) is 124 cm³/mol. The monoisotopic (exact) mass is 497 g/mol. The summed E-state index contributed by atoms with van der Waals surface area (Å²) in [6.07, 6.45) is 1.30. The smallest absolute Gasteiger partial charge is 0.410 e. The van der Waals surface area contributed by atoms with E-state index in [9.17, 15) is 27.9 Å². The molecule has 13 heteroatoms. The normalized spacial score (nSPS) is 18.4. The summed E-state index contributed by atoms with van der Waals surface area (Å²) in [6, 6.07) is 4.06. The Bertz CT molecular complexity index is 1050. The third-order valence-electron chi connectivity index (χ3n) is 5.31. The van der Waals surface area contributed by atoms with Gasteiger partial charge in [-0.2, -0.15) is 8.42 Å². The number of amides is 4. The summed E-state index contributed by atoms with van der Waals surface area (Å²) in [5.74, 6) is -0.951. The number of likely N-dealkylation sites (tertiary alicyclic amines) is 1. The largest absolute Gasteiger partial charge is 0.506 e. The van der Waals surface area contributed by atoms with Crippen LogP contribution in [0.15, 0.2) is 18.2 Å². The molecule has 0 atom stereocenters. The number of hydrogen-bond donors (Lipinski definition) is 4. The molecule has 2 aliphatic heterocycles. The zero-order valence-corrected chi connectivity index (χ0v) is 20.3. The zero-order chi connectivity index (χ0) is 25.1. The highest BCUT2D eigenvalue weighted by atomic mass is 32.2. The number of nitrogens with one attached hydrogen (secondary N) is 3. The van der Waals surface area contributed by atoms with E-state index < -0.39 is 28.3 Å². The number of benzene rings is 1. The van der Waals surface area contributed by atoms with E-state index in [1.54, 1.807) is 11.0 Å². The first-order valence-electron chi connectivity index (χ1n) is 11.0. The first kappa shape index (κ1) is 25.4. The van der Waals surface area contributed by atoms with E-state index in [1.807, 2.05) is 25.5 Å².